The molecular formula is C13H19FN2O2S. The minimum Gasteiger partial charge on any atom is -0.314 e. The van der Waals surface area contributed by atoms with Gasteiger partial charge in [-0.1, -0.05) is 0 Å². The van der Waals surface area contributed by atoms with Gasteiger partial charge in [0.25, 0.3) is 0 Å². The molecule has 2 rings (SSSR count). The summed E-state index contributed by atoms with van der Waals surface area (Å²) in [7, 11) is -3.56. The molecule has 0 saturated carbocycles. The first-order valence-corrected chi connectivity index (χ1v) is 7.77. The molecule has 0 aromatic heterocycles. The van der Waals surface area contributed by atoms with Crippen LogP contribution in [0.15, 0.2) is 17.0 Å². The second kappa shape index (κ2) is 5.19. The van der Waals surface area contributed by atoms with Crippen molar-refractivity contribution >= 4 is 10.0 Å². The van der Waals surface area contributed by atoms with Crippen molar-refractivity contribution in [2.45, 2.75) is 31.7 Å². The smallest absolute Gasteiger partial charge is 0.243 e. The normalized spacial score (nSPS) is 21.6. The molecule has 1 aliphatic heterocycles. The quantitative estimate of drug-likeness (QED) is 0.894. The Bertz CT molecular complexity index is 563. The van der Waals surface area contributed by atoms with Crippen molar-refractivity contribution in [2.24, 2.45) is 0 Å². The van der Waals surface area contributed by atoms with E-state index in [4.69, 9.17) is 0 Å². The lowest BCUT2D eigenvalue weighted by molar-refractivity contribution is 0.283. The number of benzene rings is 1. The maximum Gasteiger partial charge on any atom is 0.243 e. The van der Waals surface area contributed by atoms with Gasteiger partial charge in [0.15, 0.2) is 0 Å². The fourth-order valence-electron chi connectivity index (χ4n) is 2.60. The average molecular weight is 286 g/mol. The number of nitrogens with one attached hydrogen (secondary N) is 1. The maximum absolute atomic E-state index is 13.3. The number of halogens is 1. The second-order valence-electron chi connectivity index (χ2n) is 5.04. The topological polar surface area (TPSA) is 49.4 Å². The predicted molar refractivity (Wildman–Crippen MR) is 72.1 cm³/mol. The first kappa shape index (κ1) is 14.4. The Labute approximate surface area is 113 Å². The zero-order chi connectivity index (χ0) is 14.2. The monoisotopic (exact) mass is 286 g/mol. The van der Waals surface area contributed by atoms with Crippen LogP contribution in [0.4, 0.5) is 4.39 Å². The van der Waals surface area contributed by atoms with E-state index in [0.29, 0.717) is 30.8 Å². The Kier molecular flexibility index (Phi) is 3.94. The molecule has 1 atom stereocenters. The lowest BCUT2D eigenvalue weighted by Gasteiger charge is -2.33. The van der Waals surface area contributed by atoms with Gasteiger partial charge in [0, 0.05) is 25.7 Å². The highest BCUT2D eigenvalue weighted by molar-refractivity contribution is 7.89. The van der Waals surface area contributed by atoms with E-state index in [1.165, 1.54) is 16.4 Å². The highest BCUT2D eigenvalue weighted by Crippen LogP contribution is 2.26. The van der Waals surface area contributed by atoms with Gasteiger partial charge in [-0.25, -0.2) is 12.8 Å². The Hall–Kier alpha value is -0.980. The molecule has 6 heteroatoms. The molecule has 1 N–H and O–H groups in total. The highest BCUT2D eigenvalue weighted by atomic mass is 32.2. The van der Waals surface area contributed by atoms with Crippen molar-refractivity contribution in [3.8, 4) is 0 Å². The van der Waals surface area contributed by atoms with E-state index in [1.807, 2.05) is 6.92 Å². The second-order valence-corrected chi connectivity index (χ2v) is 6.87. The fourth-order valence-corrected chi connectivity index (χ4v) is 4.65. The van der Waals surface area contributed by atoms with Crippen molar-refractivity contribution < 1.29 is 12.8 Å². The van der Waals surface area contributed by atoms with Crippen LogP contribution in [0.2, 0.25) is 0 Å². The van der Waals surface area contributed by atoms with E-state index in [2.05, 4.69) is 5.32 Å². The molecule has 4 nitrogen and oxygen atoms in total. The first-order chi connectivity index (χ1) is 8.84. The molecule has 1 aliphatic rings. The highest BCUT2D eigenvalue weighted by Gasteiger charge is 2.33. The molecule has 0 spiro atoms. The zero-order valence-electron chi connectivity index (χ0n) is 11.4. The van der Waals surface area contributed by atoms with Gasteiger partial charge < -0.3 is 5.32 Å². The van der Waals surface area contributed by atoms with Crippen LogP contribution in [0.1, 0.15) is 18.1 Å². The summed E-state index contributed by atoms with van der Waals surface area (Å²) < 4.78 is 40.2. The standard InChI is InChI=1S/C13H19FN2O2S/c1-9-6-12(14)7-10(2)13(9)19(17,18)16-5-4-15-8-11(16)3/h6-7,11,15H,4-5,8H2,1-3H3/t11-/m1/s1. The number of sulfonamides is 1. The van der Waals surface area contributed by atoms with Crippen LogP contribution in [-0.2, 0) is 10.0 Å². The lowest BCUT2D eigenvalue weighted by Crippen LogP contribution is -2.52. The predicted octanol–water partition coefficient (Wildman–Crippen LogP) is 1.42. The van der Waals surface area contributed by atoms with Crippen LogP contribution in [-0.4, -0.2) is 38.4 Å². The Morgan fingerprint density at radius 1 is 1.32 bits per heavy atom. The maximum atomic E-state index is 13.3. The largest absolute Gasteiger partial charge is 0.314 e. The number of rotatable bonds is 2. The van der Waals surface area contributed by atoms with E-state index in [1.54, 1.807) is 13.8 Å². The molecule has 0 aliphatic carbocycles. The average Bonchev–Trinajstić information content (AvgIpc) is 2.27. The van der Waals surface area contributed by atoms with E-state index in [-0.39, 0.29) is 10.9 Å². The van der Waals surface area contributed by atoms with E-state index < -0.39 is 15.8 Å². The third-order valence-corrected chi connectivity index (χ3v) is 5.75. The van der Waals surface area contributed by atoms with Gasteiger partial charge in [-0.15, -0.1) is 0 Å². The minimum absolute atomic E-state index is 0.0948. The summed E-state index contributed by atoms with van der Waals surface area (Å²) in [5, 5.41) is 3.16. The molecule has 0 amide bonds. The van der Waals surface area contributed by atoms with E-state index in [9.17, 15) is 12.8 Å². The van der Waals surface area contributed by atoms with Crippen molar-refractivity contribution in [1.29, 1.82) is 0 Å². The van der Waals surface area contributed by atoms with Gasteiger partial charge in [-0.2, -0.15) is 4.31 Å². The molecule has 106 valence electrons. The minimum atomic E-state index is -3.56. The summed E-state index contributed by atoms with van der Waals surface area (Å²) in [6, 6.07) is 2.45. The lowest BCUT2D eigenvalue weighted by atomic mass is 10.1. The number of hydrogen-bond donors (Lipinski definition) is 1. The molecule has 1 saturated heterocycles. The van der Waals surface area contributed by atoms with Crippen molar-refractivity contribution in [2.75, 3.05) is 19.6 Å². The van der Waals surface area contributed by atoms with Gasteiger partial charge in [-0.3, -0.25) is 0 Å². The molecular weight excluding hydrogens is 267 g/mol. The number of aryl methyl sites for hydroxylation is 2. The molecule has 1 aromatic carbocycles. The van der Waals surface area contributed by atoms with E-state index >= 15 is 0 Å². The van der Waals surface area contributed by atoms with Crippen molar-refractivity contribution in [1.82, 2.24) is 9.62 Å². The van der Waals surface area contributed by atoms with Crippen LogP contribution in [0.3, 0.4) is 0 Å². The van der Waals surface area contributed by atoms with Crippen LogP contribution in [0.5, 0.6) is 0 Å². The Balaban J connectivity index is 2.50. The summed E-state index contributed by atoms with van der Waals surface area (Å²) in [6.45, 7) is 6.87. The van der Waals surface area contributed by atoms with Crippen molar-refractivity contribution in [3.63, 3.8) is 0 Å². The molecule has 0 radical (unpaired) electrons. The van der Waals surface area contributed by atoms with Gasteiger partial charge in [0.1, 0.15) is 5.82 Å². The van der Waals surface area contributed by atoms with Crippen LogP contribution in [0, 0.1) is 19.7 Å². The van der Waals surface area contributed by atoms with Crippen molar-refractivity contribution in [3.05, 3.63) is 29.1 Å². The van der Waals surface area contributed by atoms with Gasteiger partial charge in [-0.05, 0) is 44.0 Å². The molecule has 1 heterocycles. The van der Waals surface area contributed by atoms with Crippen LogP contribution in [0.25, 0.3) is 0 Å². The molecule has 19 heavy (non-hydrogen) atoms. The Morgan fingerprint density at radius 2 is 1.89 bits per heavy atom. The third kappa shape index (κ3) is 2.66. The molecule has 0 bridgehead atoms. The zero-order valence-corrected chi connectivity index (χ0v) is 12.2. The van der Waals surface area contributed by atoms with Crippen LogP contribution < -0.4 is 5.32 Å². The summed E-state index contributed by atoms with van der Waals surface area (Å²) >= 11 is 0. The van der Waals surface area contributed by atoms with Gasteiger partial charge in [0.2, 0.25) is 10.0 Å². The summed E-state index contributed by atoms with van der Waals surface area (Å²) in [4.78, 5) is 0.239. The fraction of sp³-hybridized carbons (Fsp3) is 0.538. The summed E-state index contributed by atoms with van der Waals surface area (Å²) in [6.07, 6.45) is 0. The number of hydrogen-bond acceptors (Lipinski definition) is 3. The molecule has 0 unspecified atom stereocenters. The van der Waals surface area contributed by atoms with Crippen LogP contribution >= 0.6 is 0 Å². The molecule has 1 aromatic rings. The number of nitrogens with zero attached hydrogens (tertiary/aromatic N) is 1. The number of piperazine rings is 1. The third-order valence-electron chi connectivity index (χ3n) is 3.43. The van der Waals surface area contributed by atoms with E-state index in [0.717, 1.165) is 0 Å². The van der Waals surface area contributed by atoms with Gasteiger partial charge >= 0.3 is 0 Å². The Morgan fingerprint density at radius 3 is 2.42 bits per heavy atom. The summed E-state index contributed by atoms with van der Waals surface area (Å²) in [5.74, 6) is -0.401. The first-order valence-electron chi connectivity index (χ1n) is 6.33. The van der Waals surface area contributed by atoms with Gasteiger partial charge in [0.05, 0.1) is 4.90 Å². The SMILES string of the molecule is Cc1cc(F)cc(C)c1S(=O)(=O)N1CCNC[C@H]1C. The molecule has 1 fully saturated rings. The summed E-state index contributed by atoms with van der Waals surface area (Å²) in [5.41, 5.74) is 0.923.